The van der Waals surface area contributed by atoms with Gasteiger partial charge in [0.05, 0.1) is 43.7 Å². The summed E-state index contributed by atoms with van der Waals surface area (Å²) in [5.74, 6) is -0.510. The fourth-order valence-corrected chi connectivity index (χ4v) is 4.02. The predicted octanol–water partition coefficient (Wildman–Crippen LogP) is 1.32. The first-order chi connectivity index (χ1) is 11.3. The predicted molar refractivity (Wildman–Crippen MR) is 91.6 cm³/mol. The van der Waals surface area contributed by atoms with E-state index < -0.39 is 15.9 Å². The van der Waals surface area contributed by atoms with Crippen LogP contribution in [0.1, 0.15) is 13.8 Å². The summed E-state index contributed by atoms with van der Waals surface area (Å²) >= 11 is 0. The number of anilines is 1. The monoisotopic (exact) mass is 356 g/mol. The molecule has 2 atom stereocenters. The average molecular weight is 356 g/mol. The van der Waals surface area contributed by atoms with Gasteiger partial charge in [0.1, 0.15) is 5.75 Å². The van der Waals surface area contributed by atoms with E-state index in [1.807, 2.05) is 6.92 Å². The molecule has 0 saturated carbocycles. The maximum Gasteiger partial charge on any atom is 0.233 e. The zero-order valence-corrected chi connectivity index (χ0v) is 15.0. The quantitative estimate of drug-likeness (QED) is 0.831. The van der Waals surface area contributed by atoms with E-state index in [0.29, 0.717) is 31.2 Å². The second-order valence-electron chi connectivity index (χ2n) is 5.97. The molecule has 0 aliphatic carbocycles. The summed E-state index contributed by atoms with van der Waals surface area (Å²) < 4.78 is 37.5. The van der Waals surface area contributed by atoms with Crippen LogP contribution in [-0.4, -0.2) is 57.9 Å². The Bertz CT molecular complexity index is 677. The van der Waals surface area contributed by atoms with E-state index >= 15 is 0 Å². The van der Waals surface area contributed by atoms with Crippen LogP contribution in [0.3, 0.4) is 0 Å². The first kappa shape index (κ1) is 18.5. The number of benzene rings is 1. The van der Waals surface area contributed by atoms with Gasteiger partial charge in [-0.15, -0.1) is 0 Å². The van der Waals surface area contributed by atoms with Gasteiger partial charge in [-0.05, 0) is 19.1 Å². The molecule has 0 bridgehead atoms. The van der Waals surface area contributed by atoms with E-state index in [0.717, 1.165) is 0 Å². The maximum absolute atomic E-state index is 12.5. The summed E-state index contributed by atoms with van der Waals surface area (Å²) in [6.45, 7) is 4.99. The van der Waals surface area contributed by atoms with Crippen molar-refractivity contribution >= 4 is 21.6 Å². The van der Waals surface area contributed by atoms with E-state index in [1.54, 1.807) is 36.1 Å². The summed E-state index contributed by atoms with van der Waals surface area (Å²) in [7, 11) is -2.13. The molecule has 1 N–H and O–H groups in total. The third kappa shape index (κ3) is 4.85. The molecule has 134 valence electrons. The molecule has 1 heterocycles. The van der Waals surface area contributed by atoms with Crippen molar-refractivity contribution in [2.45, 2.75) is 19.9 Å². The summed E-state index contributed by atoms with van der Waals surface area (Å²) in [6, 6.07) is 6.61. The lowest BCUT2D eigenvalue weighted by atomic mass is 10.1. The smallest absolute Gasteiger partial charge is 0.233 e. The lowest BCUT2D eigenvalue weighted by molar-refractivity contribution is -0.142. The maximum atomic E-state index is 12.5. The molecule has 1 aromatic rings. The molecule has 0 spiro atoms. The third-order valence-electron chi connectivity index (χ3n) is 3.88. The van der Waals surface area contributed by atoms with Crippen molar-refractivity contribution in [3.05, 3.63) is 24.3 Å². The average Bonchev–Trinajstić information content (AvgIpc) is 2.54. The molecule has 7 nitrogen and oxygen atoms in total. The third-order valence-corrected chi connectivity index (χ3v) is 5.37. The molecular weight excluding hydrogens is 332 g/mol. The lowest BCUT2D eigenvalue weighted by Gasteiger charge is -2.35. The van der Waals surface area contributed by atoms with E-state index in [2.05, 4.69) is 4.72 Å². The van der Waals surface area contributed by atoms with Crippen LogP contribution in [-0.2, 0) is 19.6 Å². The van der Waals surface area contributed by atoms with Crippen molar-refractivity contribution < 1.29 is 22.7 Å². The van der Waals surface area contributed by atoms with Gasteiger partial charge in [0, 0.05) is 12.6 Å². The van der Waals surface area contributed by atoms with Gasteiger partial charge < -0.3 is 14.4 Å². The highest BCUT2D eigenvalue weighted by atomic mass is 32.2. The fourth-order valence-electron chi connectivity index (χ4n) is 2.65. The van der Waals surface area contributed by atoms with Crippen LogP contribution in [0.4, 0.5) is 5.69 Å². The number of hydrogen-bond acceptors (Lipinski definition) is 5. The number of hydrogen-bond donors (Lipinski definition) is 1. The first-order valence-electron chi connectivity index (χ1n) is 7.85. The molecule has 1 aliphatic heterocycles. The van der Waals surface area contributed by atoms with Crippen LogP contribution in [0, 0.1) is 5.92 Å². The van der Waals surface area contributed by atoms with Crippen LogP contribution in [0.5, 0.6) is 5.75 Å². The number of amides is 1. The molecule has 1 saturated heterocycles. The minimum atomic E-state index is -3.64. The molecule has 2 rings (SSSR count). The molecule has 24 heavy (non-hydrogen) atoms. The van der Waals surface area contributed by atoms with Crippen LogP contribution in [0.25, 0.3) is 0 Å². The fraction of sp³-hybridized carbons (Fsp3) is 0.562. The number of carbonyl (C=O) groups excluding carboxylic acids is 1. The molecule has 1 amide bonds. The molecule has 1 aliphatic rings. The van der Waals surface area contributed by atoms with Gasteiger partial charge in [0.15, 0.2) is 0 Å². The molecule has 1 fully saturated rings. The zero-order chi connectivity index (χ0) is 17.7. The van der Waals surface area contributed by atoms with E-state index in [9.17, 15) is 13.2 Å². The number of morpholine rings is 1. The Kier molecular flexibility index (Phi) is 6.06. The van der Waals surface area contributed by atoms with Gasteiger partial charge >= 0.3 is 0 Å². The number of nitrogens with one attached hydrogen (secondary N) is 1. The van der Waals surface area contributed by atoms with Gasteiger partial charge in [-0.3, -0.25) is 9.52 Å². The summed E-state index contributed by atoms with van der Waals surface area (Å²) in [5, 5.41) is 0. The second-order valence-corrected chi connectivity index (χ2v) is 7.74. The van der Waals surface area contributed by atoms with Gasteiger partial charge in [0.2, 0.25) is 15.9 Å². The van der Waals surface area contributed by atoms with Gasteiger partial charge in [-0.25, -0.2) is 8.42 Å². The van der Waals surface area contributed by atoms with Crippen molar-refractivity contribution in [2.24, 2.45) is 5.92 Å². The van der Waals surface area contributed by atoms with Crippen LogP contribution >= 0.6 is 0 Å². The van der Waals surface area contributed by atoms with Crippen LogP contribution in [0.15, 0.2) is 24.3 Å². The topological polar surface area (TPSA) is 84.9 Å². The summed E-state index contributed by atoms with van der Waals surface area (Å²) in [4.78, 5) is 14.2. The summed E-state index contributed by atoms with van der Waals surface area (Å²) in [5.41, 5.74) is 0.411. The Morgan fingerprint density at radius 2 is 2.25 bits per heavy atom. The van der Waals surface area contributed by atoms with E-state index in [1.165, 1.54) is 7.11 Å². The number of ether oxygens (including phenoxy) is 2. The Morgan fingerprint density at radius 1 is 1.50 bits per heavy atom. The Balaban J connectivity index is 2.00. The molecule has 0 aromatic heterocycles. The standard InChI is InChI=1S/C16H24N2O5S/c1-12(16(19)18-7-8-23-10-13(18)2)11-24(20,21)17-14-5-4-6-15(9-14)22-3/h4-6,9,12-13,17H,7-8,10-11H2,1-3H3. The van der Waals surface area contributed by atoms with Crippen molar-refractivity contribution in [2.75, 3.05) is 37.3 Å². The molecule has 1 aromatic carbocycles. The van der Waals surface area contributed by atoms with Crippen molar-refractivity contribution in [1.29, 1.82) is 0 Å². The largest absolute Gasteiger partial charge is 0.497 e. The van der Waals surface area contributed by atoms with Crippen molar-refractivity contribution in [1.82, 2.24) is 4.90 Å². The number of methoxy groups -OCH3 is 1. The minimum Gasteiger partial charge on any atom is -0.497 e. The molecule has 8 heteroatoms. The molecule has 0 radical (unpaired) electrons. The summed E-state index contributed by atoms with van der Waals surface area (Å²) in [6.07, 6.45) is 0. The lowest BCUT2D eigenvalue weighted by Crippen LogP contribution is -2.50. The highest BCUT2D eigenvalue weighted by Gasteiger charge is 2.30. The molecule has 2 unspecified atom stereocenters. The van der Waals surface area contributed by atoms with E-state index in [4.69, 9.17) is 9.47 Å². The normalized spacial score (nSPS) is 19.6. The highest BCUT2D eigenvalue weighted by Crippen LogP contribution is 2.19. The SMILES string of the molecule is COc1cccc(NS(=O)(=O)CC(C)C(=O)N2CCOCC2C)c1. The Hall–Kier alpha value is -1.80. The number of sulfonamides is 1. The minimum absolute atomic E-state index is 0.0391. The van der Waals surface area contributed by atoms with Gasteiger partial charge in [0.25, 0.3) is 0 Å². The van der Waals surface area contributed by atoms with Crippen molar-refractivity contribution in [3.63, 3.8) is 0 Å². The van der Waals surface area contributed by atoms with Crippen LogP contribution < -0.4 is 9.46 Å². The first-order valence-corrected chi connectivity index (χ1v) is 9.50. The zero-order valence-electron chi connectivity index (χ0n) is 14.2. The number of carbonyl (C=O) groups is 1. The van der Waals surface area contributed by atoms with E-state index in [-0.39, 0.29) is 17.7 Å². The van der Waals surface area contributed by atoms with Crippen molar-refractivity contribution in [3.8, 4) is 5.75 Å². The van der Waals surface area contributed by atoms with Crippen LogP contribution in [0.2, 0.25) is 0 Å². The second kappa shape index (κ2) is 7.85. The van der Waals surface area contributed by atoms with Gasteiger partial charge in [-0.2, -0.15) is 0 Å². The highest BCUT2D eigenvalue weighted by molar-refractivity contribution is 7.92. The Morgan fingerprint density at radius 3 is 2.92 bits per heavy atom. The van der Waals surface area contributed by atoms with Gasteiger partial charge in [-0.1, -0.05) is 13.0 Å². The Labute approximate surface area is 143 Å². The number of nitrogens with zero attached hydrogens (tertiary/aromatic N) is 1. The number of rotatable bonds is 6. The molecular formula is C16H24N2O5S.